The van der Waals surface area contributed by atoms with Gasteiger partial charge in [-0.2, -0.15) is 0 Å². The van der Waals surface area contributed by atoms with Gasteiger partial charge in [0.1, 0.15) is 0 Å². The summed E-state index contributed by atoms with van der Waals surface area (Å²) in [5.41, 5.74) is 4.84. The second kappa shape index (κ2) is 7.76. The lowest BCUT2D eigenvalue weighted by molar-refractivity contribution is 0.852. The van der Waals surface area contributed by atoms with E-state index in [0.29, 0.717) is 5.92 Å². The molecule has 0 bridgehead atoms. The molecule has 1 atom stereocenters. The van der Waals surface area contributed by atoms with Gasteiger partial charge in [-0.05, 0) is 48.4 Å². The monoisotopic (exact) mass is 401 g/mol. The van der Waals surface area contributed by atoms with Gasteiger partial charge in [0.25, 0.3) is 0 Å². The highest BCUT2D eigenvalue weighted by molar-refractivity contribution is 9.11. The van der Waals surface area contributed by atoms with E-state index >= 15 is 0 Å². The van der Waals surface area contributed by atoms with E-state index in [1.807, 2.05) is 0 Å². The van der Waals surface area contributed by atoms with E-state index in [4.69, 9.17) is 0 Å². The van der Waals surface area contributed by atoms with Crippen LogP contribution in [0.15, 0.2) is 108 Å². The number of benzene rings is 3. The first-order chi connectivity index (χ1) is 12.8. The summed E-state index contributed by atoms with van der Waals surface area (Å²) in [7, 11) is 0. The van der Waals surface area contributed by atoms with Crippen LogP contribution in [-0.4, -0.2) is 0 Å². The second-order valence-corrected chi connectivity index (χ2v) is 7.30. The third-order valence-electron chi connectivity index (χ3n) is 4.66. The molecule has 0 amide bonds. The topological polar surface area (TPSA) is 3.24 Å². The van der Waals surface area contributed by atoms with Crippen LogP contribution >= 0.6 is 15.9 Å². The molecule has 0 radical (unpaired) electrons. The standard InChI is InChI=1S/C24H20BrN/c25-21-15-11-19(12-16-21)20-13-17-24(18-14-20)26(22-7-3-1-4-8-22)23-9-5-2-6-10-23/h1-11,13-19H,12H2. The smallest absolute Gasteiger partial charge is 0.0461 e. The molecule has 0 N–H and O–H groups in total. The largest absolute Gasteiger partial charge is 0.311 e. The molecule has 2 heteroatoms. The molecular weight excluding hydrogens is 382 g/mol. The number of hydrogen-bond donors (Lipinski definition) is 0. The second-order valence-electron chi connectivity index (χ2n) is 6.39. The van der Waals surface area contributed by atoms with Gasteiger partial charge in [-0.25, -0.2) is 0 Å². The Balaban J connectivity index is 1.68. The lowest BCUT2D eigenvalue weighted by Gasteiger charge is -2.26. The molecule has 3 aromatic rings. The summed E-state index contributed by atoms with van der Waals surface area (Å²) >= 11 is 3.54. The van der Waals surface area contributed by atoms with Crippen molar-refractivity contribution in [3.8, 4) is 0 Å². The maximum atomic E-state index is 3.54. The van der Waals surface area contributed by atoms with Crippen molar-refractivity contribution in [2.24, 2.45) is 0 Å². The maximum Gasteiger partial charge on any atom is 0.0461 e. The van der Waals surface area contributed by atoms with Crippen LogP contribution in [0.4, 0.5) is 17.1 Å². The van der Waals surface area contributed by atoms with Gasteiger partial charge in [0.15, 0.2) is 0 Å². The summed E-state index contributed by atoms with van der Waals surface area (Å²) in [5, 5.41) is 0. The Morgan fingerprint density at radius 3 is 1.73 bits per heavy atom. The average Bonchev–Trinajstić information content (AvgIpc) is 2.71. The molecular formula is C24H20BrN. The first-order valence-corrected chi connectivity index (χ1v) is 9.64. The number of para-hydroxylation sites is 2. The Kier molecular flexibility index (Phi) is 5.03. The Bertz CT molecular complexity index is 872. The molecule has 0 spiro atoms. The molecule has 0 aromatic heterocycles. The maximum absolute atomic E-state index is 3.54. The average molecular weight is 402 g/mol. The summed E-state index contributed by atoms with van der Waals surface area (Å²) in [5.74, 6) is 0.451. The lowest BCUT2D eigenvalue weighted by atomic mass is 9.92. The highest BCUT2D eigenvalue weighted by Crippen LogP contribution is 2.36. The molecule has 1 aliphatic carbocycles. The summed E-state index contributed by atoms with van der Waals surface area (Å²) in [4.78, 5) is 2.29. The quantitative estimate of drug-likeness (QED) is 0.437. The SMILES string of the molecule is BrC1=CCC(c2ccc(N(c3ccccc3)c3ccccc3)cc2)C=C1. The van der Waals surface area contributed by atoms with Crippen molar-refractivity contribution in [1.82, 2.24) is 0 Å². The van der Waals surface area contributed by atoms with Gasteiger partial charge in [-0.15, -0.1) is 0 Å². The zero-order valence-corrected chi connectivity index (χ0v) is 16.0. The van der Waals surface area contributed by atoms with Crippen molar-refractivity contribution in [2.45, 2.75) is 12.3 Å². The van der Waals surface area contributed by atoms with Gasteiger partial charge < -0.3 is 4.90 Å². The molecule has 0 saturated carbocycles. The zero-order chi connectivity index (χ0) is 17.8. The summed E-state index contributed by atoms with van der Waals surface area (Å²) < 4.78 is 1.17. The minimum absolute atomic E-state index is 0.451. The van der Waals surface area contributed by atoms with Crippen LogP contribution in [0.25, 0.3) is 0 Å². The molecule has 1 aliphatic rings. The van der Waals surface area contributed by atoms with E-state index in [-0.39, 0.29) is 0 Å². The molecule has 4 rings (SSSR count). The zero-order valence-electron chi connectivity index (χ0n) is 14.4. The Morgan fingerprint density at radius 2 is 1.23 bits per heavy atom. The third-order valence-corrected chi connectivity index (χ3v) is 5.25. The minimum atomic E-state index is 0.451. The molecule has 1 nitrogen and oxygen atoms in total. The Labute approximate surface area is 163 Å². The molecule has 128 valence electrons. The van der Waals surface area contributed by atoms with E-state index in [1.54, 1.807) is 0 Å². The fraction of sp³-hybridized carbons (Fsp3) is 0.0833. The van der Waals surface area contributed by atoms with Crippen LogP contribution < -0.4 is 4.90 Å². The number of anilines is 3. The van der Waals surface area contributed by atoms with Crippen molar-refractivity contribution in [1.29, 1.82) is 0 Å². The number of hydrogen-bond acceptors (Lipinski definition) is 1. The molecule has 0 aliphatic heterocycles. The van der Waals surface area contributed by atoms with Gasteiger partial charge in [-0.3, -0.25) is 0 Å². The highest BCUT2D eigenvalue weighted by Gasteiger charge is 2.14. The van der Waals surface area contributed by atoms with Crippen LogP contribution in [0.5, 0.6) is 0 Å². The molecule has 0 fully saturated rings. The van der Waals surface area contributed by atoms with Crippen molar-refractivity contribution in [2.75, 3.05) is 4.90 Å². The molecule has 1 unspecified atom stereocenters. The first kappa shape index (κ1) is 16.9. The van der Waals surface area contributed by atoms with Crippen LogP contribution in [0, 0.1) is 0 Å². The van der Waals surface area contributed by atoms with E-state index < -0.39 is 0 Å². The summed E-state index contributed by atoms with van der Waals surface area (Å²) in [6, 6.07) is 29.9. The summed E-state index contributed by atoms with van der Waals surface area (Å²) in [6.45, 7) is 0. The van der Waals surface area contributed by atoms with Gasteiger partial charge >= 0.3 is 0 Å². The van der Waals surface area contributed by atoms with Crippen LogP contribution in [-0.2, 0) is 0 Å². The summed E-state index contributed by atoms with van der Waals surface area (Å²) in [6.07, 6.45) is 7.68. The fourth-order valence-electron chi connectivity index (χ4n) is 3.31. The molecule has 3 aromatic carbocycles. The van der Waals surface area contributed by atoms with E-state index in [0.717, 1.165) is 17.8 Å². The van der Waals surface area contributed by atoms with Gasteiger partial charge in [0.05, 0.1) is 0 Å². The van der Waals surface area contributed by atoms with Crippen molar-refractivity contribution in [3.05, 3.63) is 113 Å². The van der Waals surface area contributed by atoms with Gasteiger partial charge in [0.2, 0.25) is 0 Å². The van der Waals surface area contributed by atoms with Crippen molar-refractivity contribution >= 4 is 33.0 Å². The number of halogens is 1. The Hall–Kier alpha value is -2.58. The normalized spacial score (nSPS) is 16.2. The molecule has 26 heavy (non-hydrogen) atoms. The molecule has 0 heterocycles. The van der Waals surface area contributed by atoms with Crippen LogP contribution in [0.3, 0.4) is 0 Å². The highest BCUT2D eigenvalue weighted by atomic mass is 79.9. The molecule has 0 saturated heterocycles. The minimum Gasteiger partial charge on any atom is -0.311 e. The van der Waals surface area contributed by atoms with Crippen molar-refractivity contribution in [3.63, 3.8) is 0 Å². The lowest BCUT2D eigenvalue weighted by Crippen LogP contribution is -2.09. The third kappa shape index (κ3) is 3.66. The fourth-order valence-corrected chi connectivity index (χ4v) is 3.65. The Morgan fingerprint density at radius 1 is 0.692 bits per heavy atom. The van der Waals surface area contributed by atoms with E-state index in [1.165, 1.54) is 15.7 Å². The van der Waals surface area contributed by atoms with Crippen LogP contribution in [0.1, 0.15) is 17.9 Å². The van der Waals surface area contributed by atoms with Gasteiger partial charge in [-0.1, -0.05) is 82.7 Å². The van der Waals surface area contributed by atoms with Gasteiger partial charge in [0, 0.05) is 27.5 Å². The van der Waals surface area contributed by atoms with Crippen molar-refractivity contribution < 1.29 is 0 Å². The predicted octanol–water partition coefficient (Wildman–Crippen LogP) is 7.48. The van der Waals surface area contributed by atoms with E-state index in [9.17, 15) is 0 Å². The number of rotatable bonds is 4. The van der Waals surface area contributed by atoms with E-state index in [2.05, 4.69) is 124 Å². The predicted molar refractivity (Wildman–Crippen MR) is 115 cm³/mol. The van der Waals surface area contributed by atoms with Crippen LogP contribution in [0.2, 0.25) is 0 Å². The first-order valence-electron chi connectivity index (χ1n) is 8.85. The number of allylic oxidation sites excluding steroid dienone is 4. The number of nitrogens with zero attached hydrogens (tertiary/aromatic N) is 1.